The molecule has 1 saturated heterocycles. The van der Waals surface area contributed by atoms with Crippen LogP contribution < -0.4 is 0 Å². The van der Waals surface area contributed by atoms with Crippen molar-refractivity contribution in [1.29, 1.82) is 0 Å². The van der Waals surface area contributed by atoms with Crippen molar-refractivity contribution in [3.8, 4) is 0 Å². The van der Waals surface area contributed by atoms with E-state index in [-0.39, 0.29) is 17.9 Å². The average molecular weight is 363 g/mol. The molecule has 2 amide bonds. The number of aryl methyl sites for hydroxylation is 1. The Bertz CT molecular complexity index is 691. The Morgan fingerprint density at radius 3 is 2.62 bits per heavy atom. The van der Waals surface area contributed by atoms with Gasteiger partial charge in [0.05, 0.1) is 5.54 Å². The third-order valence-electron chi connectivity index (χ3n) is 4.98. The van der Waals surface area contributed by atoms with Crippen LogP contribution in [-0.2, 0) is 22.5 Å². The predicted octanol–water partition coefficient (Wildman–Crippen LogP) is 1.70. The maximum atomic E-state index is 13.1. The Hall–Kier alpha value is -2.12. The molecule has 1 fully saturated rings. The number of amides is 2. The molecule has 1 unspecified atom stereocenters. The lowest BCUT2D eigenvalue weighted by molar-refractivity contribution is -0.145. The lowest BCUT2D eigenvalue weighted by Gasteiger charge is -2.48. The van der Waals surface area contributed by atoms with Crippen LogP contribution in [0.5, 0.6) is 0 Å². The van der Waals surface area contributed by atoms with Crippen molar-refractivity contribution in [2.24, 2.45) is 5.92 Å². The van der Waals surface area contributed by atoms with Crippen LogP contribution in [0, 0.1) is 5.92 Å². The molecule has 144 valence electrons. The van der Waals surface area contributed by atoms with Crippen LogP contribution in [0.3, 0.4) is 0 Å². The minimum atomic E-state index is -0.522. The molecule has 0 aliphatic carbocycles. The van der Waals surface area contributed by atoms with Gasteiger partial charge in [-0.1, -0.05) is 0 Å². The molecule has 0 saturated carbocycles. The summed E-state index contributed by atoms with van der Waals surface area (Å²) in [6.45, 7) is 11.8. The SMILES string of the molecule is CC(C)(C)OC(=O)N1CCN(C(=O)C2CCn3ncnc3C2)C(C)(C)C1. The molecule has 2 aliphatic rings. The zero-order chi connectivity index (χ0) is 19.1. The van der Waals surface area contributed by atoms with Gasteiger partial charge in [0.15, 0.2) is 0 Å². The summed E-state index contributed by atoms with van der Waals surface area (Å²) in [4.78, 5) is 33.4. The summed E-state index contributed by atoms with van der Waals surface area (Å²) in [6, 6.07) is 0. The van der Waals surface area contributed by atoms with Crippen molar-refractivity contribution >= 4 is 12.0 Å². The number of carbonyl (C=O) groups excluding carboxylic acids is 2. The van der Waals surface area contributed by atoms with E-state index in [1.807, 2.05) is 44.2 Å². The van der Waals surface area contributed by atoms with Crippen LogP contribution in [0.4, 0.5) is 4.79 Å². The van der Waals surface area contributed by atoms with Gasteiger partial charge in [0.2, 0.25) is 5.91 Å². The van der Waals surface area contributed by atoms with Gasteiger partial charge in [-0.05, 0) is 41.0 Å². The number of hydrogen-bond donors (Lipinski definition) is 0. The molecule has 1 aromatic heterocycles. The quantitative estimate of drug-likeness (QED) is 0.759. The smallest absolute Gasteiger partial charge is 0.410 e. The van der Waals surface area contributed by atoms with Crippen LogP contribution in [0.15, 0.2) is 6.33 Å². The molecule has 2 aliphatic heterocycles. The van der Waals surface area contributed by atoms with E-state index in [9.17, 15) is 9.59 Å². The van der Waals surface area contributed by atoms with E-state index in [2.05, 4.69) is 10.1 Å². The number of piperazine rings is 1. The minimum Gasteiger partial charge on any atom is -0.444 e. The Balaban J connectivity index is 1.65. The first-order valence-corrected chi connectivity index (χ1v) is 9.23. The van der Waals surface area contributed by atoms with Gasteiger partial charge in [-0.25, -0.2) is 9.78 Å². The minimum absolute atomic E-state index is 0.0703. The summed E-state index contributed by atoms with van der Waals surface area (Å²) in [5, 5.41) is 4.17. The fraction of sp³-hybridized carbons (Fsp3) is 0.778. The summed E-state index contributed by atoms with van der Waals surface area (Å²) in [6.07, 6.45) is 2.63. The lowest BCUT2D eigenvalue weighted by atomic mass is 9.91. The highest BCUT2D eigenvalue weighted by Crippen LogP contribution is 2.28. The van der Waals surface area contributed by atoms with E-state index >= 15 is 0 Å². The second-order valence-corrected chi connectivity index (χ2v) is 8.79. The Morgan fingerprint density at radius 2 is 1.96 bits per heavy atom. The first-order valence-electron chi connectivity index (χ1n) is 9.23. The molecule has 1 atom stereocenters. The summed E-state index contributed by atoms with van der Waals surface area (Å²) < 4.78 is 7.35. The fourth-order valence-corrected chi connectivity index (χ4v) is 3.71. The second-order valence-electron chi connectivity index (χ2n) is 8.79. The van der Waals surface area contributed by atoms with E-state index in [1.165, 1.54) is 0 Å². The molecule has 0 spiro atoms. The molecule has 0 aromatic carbocycles. The summed E-state index contributed by atoms with van der Waals surface area (Å²) >= 11 is 0. The molecular weight excluding hydrogens is 334 g/mol. The highest BCUT2D eigenvalue weighted by Gasteiger charge is 2.42. The Kier molecular flexibility index (Phi) is 4.71. The van der Waals surface area contributed by atoms with Crippen LogP contribution in [0.2, 0.25) is 0 Å². The molecule has 8 heteroatoms. The van der Waals surface area contributed by atoms with Crippen LogP contribution in [-0.4, -0.2) is 67.3 Å². The maximum absolute atomic E-state index is 13.1. The van der Waals surface area contributed by atoms with Gasteiger partial charge in [0.25, 0.3) is 0 Å². The molecule has 0 N–H and O–H groups in total. The standard InChI is InChI=1S/C18H29N5O3/c1-17(2,3)26-16(25)21-8-9-22(18(4,5)11-21)15(24)13-6-7-23-14(10-13)19-12-20-23/h12-13H,6-11H2,1-5H3. The predicted molar refractivity (Wildman–Crippen MR) is 95.4 cm³/mol. The third-order valence-corrected chi connectivity index (χ3v) is 4.98. The number of hydrogen-bond acceptors (Lipinski definition) is 5. The first-order chi connectivity index (χ1) is 12.1. The van der Waals surface area contributed by atoms with Crippen molar-refractivity contribution < 1.29 is 14.3 Å². The lowest BCUT2D eigenvalue weighted by Crippen LogP contribution is -2.63. The van der Waals surface area contributed by atoms with E-state index in [0.29, 0.717) is 26.1 Å². The van der Waals surface area contributed by atoms with Crippen LogP contribution in [0.25, 0.3) is 0 Å². The average Bonchev–Trinajstić information content (AvgIpc) is 2.99. The van der Waals surface area contributed by atoms with Gasteiger partial charge in [0, 0.05) is 38.5 Å². The third kappa shape index (κ3) is 3.83. The number of nitrogens with zero attached hydrogens (tertiary/aromatic N) is 5. The summed E-state index contributed by atoms with van der Waals surface area (Å²) in [5.74, 6) is 0.951. The number of aromatic nitrogens is 3. The van der Waals surface area contributed by atoms with Gasteiger partial charge in [-0.15, -0.1) is 0 Å². The molecule has 0 bridgehead atoms. The highest BCUT2D eigenvalue weighted by molar-refractivity contribution is 5.80. The van der Waals surface area contributed by atoms with Crippen molar-refractivity contribution in [2.45, 2.75) is 65.1 Å². The van der Waals surface area contributed by atoms with E-state index < -0.39 is 11.1 Å². The Morgan fingerprint density at radius 1 is 1.23 bits per heavy atom. The maximum Gasteiger partial charge on any atom is 0.410 e. The van der Waals surface area contributed by atoms with Crippen molar-refractivity contribution in [3.63, 3.8) is 0 Å². The molecule has 26 heavy (non-hydrogen) atoms. The van der Waals surface area contributed by atoms with Crippen molar-refractivity contribution in [2.75, 3.05) is 19.6 Å². The van der Waals surface area contributed by atoms with Crippen LogP contribution in [0.1, 0.15) is 46.9 Å². The summed E-state index contributed by atoms with van der Waals surface area (Å²) in [5.41, 5.74) is -0.955. The second kappa shape index (κ2) is 6.55. The van der Waals surface area contributed by atoms with Crippen molar-refractivity contribution in [3.05, 3.63) is 12.2 Å². The summed E-state index contributed by atoms with van der Waals surface area (Å²) in [7, 11) is 0. The first kappa shape index (κ1) is 18.7. The molecule has 8 nitrogen and oxygen atoms in total. The molecule has 0 radical (unpaired) electrons. The van der Waals surface area contributed by atoms with Crippen LogP contribution >= 0.6 is 0 Å². The fourth-order valence-electron chi connectivity index (χ4n) is 3.71. The number of carbonyl (C=O) groups is 2. The topological polar surface area (TPSA) is 80.6 Å². The largest absolute Gasteiger partial charge is 0.444 e. The van der Waals surface area contributed by atoms with Crippen molar-refractivity contribution in [1.82, 2.24) is 24.6 Å². The number of fused-ring (bicyclic) bond motifs is 1. The Labute approximate surface area is 154 Å². The highest BCUT2D eigenvalue weighted by atomic mass is 16.6. The molecule has 1 aromatic rings. The van der Waals surface area contributed by atoms with Gasteiger partial charge in [0.1, 0.15) is 17.8 Å². The molecule has 3 rings (SSSR count). The van der Waals surface area contributed by atoms with E-state index in [0.717, 1.165) is 18.8 Å². The number of ether oxygens (including phenoxy) is 1. The van der Waals surface area contributed by atoms with E-state index in [1.54, 1.807) is 11.2 Å². The van der Waals surface area contributed by atoms with Gasteiger partial charge >= 0.3 is 6.09 Å². The monoisotopic (exact) mass is 363 g/mol. The number of rotatable bonds is 1. The van der Waals surface area contributed by atoms with Gasteiger partial charge < -0.3 is 14.5 Å². The van der Waals surface area contributed by atoms with Gasteiger partial charge in [-0.2, -0.15) is 5.10 Å². The molecule has 3 heterocycles. The zero-order valence-electron chi connectivity index (χ0n) is 16.4. The zero-order valence-corrected chi connectivity index (χ0v) is 16.4. The normalized spacial score (nSPS) is 22.7. The van der Waals surface area contributed by atoms with Gasteiger partial charge in [-0.3, -0.25) is 9.48 Å². The van der Waals surface area contributed by atoms with E-state index in [4.69, 9.17) is 4.74 Å². The molecular formula is C18H29N5O3.